The zero-order valence-corrected chi connectivity index (χ0v) is 30.3. The fourth-order valence-electron chi connectivity index (χ4n) is 6.12. The minimum Gasteiger partial charge on any atom is -0.361 e. The van der Waals surface area contributed by atoms with Crippen molar-refractivity contribution in [2.24, 2.45) is 11.5 Å². The molecule has 0 saturated heterocycles. The molecule has 3 unspecified atom stereocenters. The Kier molecular flexibility index (Phi) is 13.6. The molecular weight excluding hydrogens is 695 g/mol. The third-order valence-corrected chi connectivity index (χ3v) is 10.8. The summed E-state index contributed by atoms with van der Waals surface area (Å²) in [6.07, 6.45) is 6.52. The van der Waals surface area contributed by atoms with Crippen LogP contribution in [0.25, 0.3) is 10.9 Å². The predicted octanol–water partition coefficient (Wildman–Crippen LogP) is 4.53. The number of para-hydroxylation sites is 1. The van der Waals surface area contributed by atoms with Crippen molar-refractivity contribution < 1.29 is 14.4 Å². The Morgan fingerprint density at radius 2 is 1.70 bits per heavy atom. The lowest BCUT2D eigenvalue weighted by molar-refractivity contribution is -0.142. The van der Waals surface area contributed by atoms with E-state index in [4.69, 9.17) is 34.7 Å². The van der Waals surface area contributed by atoms with Crippen molar-refractivity contribution in [2.45, 2.75) is 79.7 Å². The molecule has 0 bridgehead atoms. The number of benzene rings is 2. The minimum absolute atomic E-state index is 0.103. The van der Waals surface area contributed by atoms with Gasteiger partial charge < -0.3 is 37.3 Å². The molecule has 50 heavy (non-hydrogen) atoms. The second-order valence-electron chi connectivity index (χ2n) is 12.4. The summed E-state index contributed by atoms with van der Waals surface area (Å²) in [5, 5.41) is 11.9. The van der Waals surface area contributed by atoms with E-state index in [1.807, 2.05) is 42.6 Å². The summed E-state index contributed by atoms with van der Waals surface area (Å²) in [7, 11) is 1.61. The average molecular weight is 740 g/mol. The van der Waals surface area contributed by atoms with E-state index in [9.17, 15) is 14.4 Å². The summed E-state index contributed by atoms with van der Waals surface area (Å²) in [5.74, 6) is -1.05. The van der Waals surface area contributed by atoms with Crippen molar-refractivity contribution in [1.82, 2.24) is 30.8 Å². The minimum atomic E-state index is -0.911. The van der Waals surface area contributed by atoms with Crippen LogP contribution in [-0.2, 0) is 33.9 Å². The molecule has 14 heteroatoms. The number of hydrogen-bond acceptors (Lipinski definition) is 8. The van der Waals surface area contributed by atoms with Gasteiger partial charge in [0.2, 0.25) is 17.7 Å². The average Bonchev–Trinajstić information content (AvgIpc) is 3.52. The van der Waals surface area contributed by atoms with Crippen LogP contribution in [0.2, 0.25) is 10.0 Å². The van der Waals surface area contributed by atoms with Gasteiger partial charge in [0.05, 0.1) is 11.1 Å². The van der Waals surface area contributed by atoms with E-state index in [2.05, 4.69) is 25.9 Å². The monoisotopic (exact) mass is 738 g/mol. The maximum Gasteiger partial charge on any atom is 0.245 e. The van der Waals surface area contributed by atoms with Crippen LogP contribution >= 0.6 is 35.0 Å². The van der Waals surface area contributed by atoms with E-state index in [1.54, 1.807) is 25.4 Å². The van der Waals surface area contributed by atoms with Gasteiger partial charge in [-0.1, -0.05) is 59.2 Å². The third kappa shape index (κ3) is 9.36. The van der Waals surface area contributed by atoms with Gasteiger partial charge in [0.1, 0.15) is 17.1 Å². The molecule has 1 aliphatic rings. The van der Waals surface area contributed by atoms with Gasteiger partial charge in [-0.15, -0.1) is 0 Å². The van der Waals surface area contributed by atoms with E-state index in [-0.39, 0.29) is 30.7 Å². The van der Waals surface area contributed by atoms with Gasteiger partial charge in [-0.05, 0) is 86.1 Å². The zero-order chi connectivity index (χ0) is 35.6. The Balaban J connectivity index is 1.57. The molecule has 2 aromatic heterocycles. The fraction of sp³-hybridized carbons (Fsp3) is 0.389. The molecule has 3 heterocycles. The van der Waals surface area contributed by atoms with Crippen molar-refractivity contribution in [3.8, 4) is 0 Å². The van der Waals surface area contributed by atoms with Gasteiger partial charge in [0.25, 0.3) is 0 Å². The maximum absolute atomic E-state index is 14.4. The van der Waals surface area contributed by atoms with Crippen LogP contribution in [0.5, 0.6) is 0 Å². The van der Waals surface area contributed by atoms with Gasteiger partial charge in [0, 0.05) is 59.8 Å². The van der Waals surface area contributed by atoms with Crippen LogP contribution in [0, 0.1) is 0 Å². The number of aromatic nitrogens is 2. The van der Waals surface area contributed by atoms with Gasteiger partial charge >= 0.3 is 0 Å². The standard InChI is InChI=1S/C36H44Cl2N8O3S/c1-46-31(17-23-20-42-28-10-3-2-9-26(23)28)34(48)44-21-24-16-25(37)18-27(38)32(24)50-35-22(8-7-15-41-35)19-43-29(12-6-14-40)33(47)45-30(36(46)49)11-4-5-13-39/h2-3,7-10,15-16,18,20,29-31,42-43H,4-6,11-14,17,19,21,39-40H2,1H3,(H,44,48)(H,45,47). The molecule has 0 spiro atoms. The predicted molar refractivity (Wildman–Crippen MR) is 199 cm³/mol. The Labute approximate surface area is 306 Å². The lowest BCUT2D eigenvalue weighted by Crippen LogP contribution is -2.57. The van der Waals surface area contributed by atoms with Crippen molar-refractivity contribution >= 4 is 63.6 Å². The number of fused-ring (bicyclic) bond motifs is 3. The number of H-pyrrole nitrogens is 1. The Morgan fingerprint density at radius 3 is 2.50 bits per heavy atom. The molecule has 266 valence electrons. The topological polar surface area (TPSA) is 171 Å². The first-order valence-electron chi connectivity index (χ1n) is 16.8. The smallest absolute Gasteiger partial charge is 0.245 e. The molecule has 11 nitrogen and oxygen atoms in total. The number of nitrogens with one attached hydrogen (secondary N) is 4. The molecule has 8 N–H and O–H groups in total. The van der Waals surface area contributed by atoms with Crippen LogP contribution in [-0.4, -0.2) is 70.9 Å². The van der Waals surface area contributed by atoms with Crippen LogP contribution in [0.3, 0.4) is 0 Å². The molecule has 0 saturated carbocycles. The first-order valence-corrected chi connectivity index (χ1v) is 18.4. The maximum atomic E-state index is 14.4. The Bertz CT molecular complexity index is 1800. The van der Waals surface area contributed by atoms with Crippen molar-refractivity contribution in [3.05, 3.63) is 87.7 Å². The molecule has 0 aliphatic carbocycles. The van der Waals surface area contributed by atoms with E-state index in [1.165, 1.54) is 16.7 Å². The quantitative estimate of drug-likeness (QED) is 0.136. The number of halogens is 2. The van der Waals surface area contributed by atoms with Crippen LogP contribution < -0.4 is 27.4 Å². The highest BCUT2D eigenvalue weighted by atomic mass is 35.5. The molecule has 3 amide bonds. The second kappa shape index (κ2) is 18.0. The largest absolute Gasteiger partial charge is 0.361 e. The SMILES string of the molecule is CN1C(=O)C(CCCCN)NC(=O)C(CCCN)NCc2cccnc2Sc2c(Cl)cc(Cl)cc2CNC(=O)C1Cc1c[nH]c2ccccc12. The molecule has 2 aromatic carbocycles. The first-order chi connectivity index (χ1) is 24.2. The molecule has 4 aromatic rings. The van der Waals surface area contributed by atoms with Crippen molar-refractivity contribution in [1.29, 1.82) is 0 Å². The van der Waals surface area contributed by atoms with Crippen molar-refractivity contribution in [2.75, 3.05) is 20.1 Å². The Hall–Kier alpha value is -3.65. The van der Waals surface area contributed by atoms with Gasteiger partial charge in [-0.25, -0.2) is 4.98 Å². The number of amides is 3. The summed E-state index contributed by atoms with van der Waals surface area (Å²) >= 11 is 14.6. The number of aromatic amines is 1. The van der Waals surface area contributed by atoms with Gasteiger partial charge in [0.15, 0.2) is 0 Å². The lowest BCUT2D eigenvalue weighted by Gasteiger charge is -2.32. The number of carbonyl (C=O) groups excluding carboxylic acids is 3. The highest BCUT2D eigenvalue weighted by Gasteiger charge is 2.34. The molecule has 0 radical (unpaired) electrons. The zero-order valence-electron chi connectivity index (χ0n) is 28.0. The number of rotatable bonds is 9. The number of unbranched alkanes of at least 4 members (excludes halogenated alkanes) is 1. The molecule has 5 rings (SSSR count). The number of carbonyl (C=O) groups is 3. The Morgan fingerprint density at radius 1 is 0.920 bits per heavy atom. The van der Waals surface area contributed by atoms with E-state index < -0.39 is 18.1 Å². The van der Waals surface area contributed by atoms with Crippen LogP contribution in [0.4, 0.5) is 0 Å². The highest BCUT2D eigenvalue weighted by Crippen LogP contribution is 2.38. The lowest BCUT2D eigenvalue weighted by atomic mass is 10.0. The van der Waals surface area contributed by atoms with E-state index >= 15 is 0 Å². The molecular formula is C36H44Cl2N8O3S. The van der Waals surface area contributed by atoms with E-state index in [0.717, 1.165) is 22.0 Å². The molecule has 0 fully saturated rings. The summed E-state index contributed by atoms with van der Waals surface area (Å²) < 4.78 is 0. The fourth-order valence-corrected chi connectivity index (χ4v) is 7.77. The van der Waals surface area contributed by atoms with E-state index in [0.29, 0.717) is 77.3 Å². The number of nitrogens with two attached hydrogens (primary N) is 2. The number of likely N-dealkylation sites (N-methyl/N-ethyl adjacent to an activating group) is 1. The van der Waals surface area contributed by atoms with Crippen LogP contribution in [0.1, 0.15) is 48.8 Å². The summed E-state index contributed by atoms with van der Waals surface area (Å²) in [6.45, 7) is 1.29. The van der Waals surface area contributed by atoms with Gasteiger partial charge in [-0.2, -0.15) is 0 Å². The summed E-state index contributed by atoms with van der Waals surface area (Å²) in [4.78, 5) is 52.6. The van der Waals surface area contributed by atoms with Crippen molar-refractivity contribution in [3.63, 3.8) is 0 Å². The first kappa shape index (κ1) is 37.6. The molecule has 3 atom stereocenters. The summed E-state index contributed by atoms with van der Waals surface area (Å²) in [5.41, 5.74) is 15.0. The van der Waals surface area contributed by atoms with Crippen LogP contribution in [0.15, 0.2) is 70.8 Å². The third-order valence-electron chi connectivity index (χ3n) is 8.91. The summed E-state index contributed by atoms with van der Waals surface area (Å²) in [6, 6.07) is 12.6. The number of nitrogens with zero attached hydrogens (tertiary/aromatic N) is 2. The number of pyridine rings is 1. The number of hydrogen-bond donors (Lipinski definition) is 6. The highest BCUT2D eigenvalue weighted by molar-refractivity contribution is 7.99. The second-order valence-corrected chi connectivity index (χ2v) is 14.2. The normalized spacial score (nSPS) is 19.4. The molecule has 1 aliphatic heterocycles. The van der Waals surface area contributed by atoms with Gasteiger partial charge in [-0.3, -0.25) is 14.4 Å².